The molecule has 2 heteroatoms. The maximum atomic E-state index is 5.48. The molecule has 0 aliphatic heterocycles. The summed E-state index contributed by atoms with van der Waals surface area (Å²) in [6.07, 6.45) is 21.5. The fraction of sp³-hybridized carbons (Fsp3) is 0.895. The number of rotatable bonds is 17. The van der Waals surface area contributed by atoms with Crippen LogP contribution in [0.3, 0.4) is 0 Å². The van der Waals surface area contributed by atoms with E-state index in [0.29, 0.717) is 6.79 Å². The summed E-state index contributed by atoms with van der Waals surface area (Å²) in [5.74, 6) is 2.67. The molecule has 0 aromatic heterocycles. The molecule has 0 aromatic rings. The summed E-state index contributed by atoms with van der Waals surface area (Å²) < 4.78 is 10.9. The van der Waals surface area contributed by atoms with Crippen LogP contribution >= 0.6 is 0 Å². The van der Waals surface area contributed by atoms with Gasteiger partial charge in [-0.05, 0) is 19.3 Å². The van der Waals surface area contributed by atoms with Crippen molar-refractivity contribution in [3.05, 3.63) is 0 Å². The van der Waals surface area contributed by atoms with Gasteiger partial charge in [-0.2, -0.15) is 0 Å². The molecular formula is C19H36O2. The summed E-state index contributed by atoms with van der Waals surface area (Å²) in [6.45, 7) is 4.38. The van der Waals surface area contributed by atoms with E-state index in [1.54, 1.807) is 0 Å². The van der Waals surface area contributed by atoms with Gasteiger partial charge in [-0.1, -0.05) is 64.7 Å². The summed E-state index contributed by atoms with van der Waals surface area (Å²) in [4.78, 5) is 0. The van der Waals surface area contributed by atoms with Crippen LogP contribution in [0.15, 0.2) is 0 Å². The third-order valence-electron chi connectivity index (χ3n) is 3.67. The van der Waals surface area contributed by atoms with Crippen LogP contribution in [0.5, 0.6) is 0 Å². The molecule has 0 saturated carbocycles. The zero-order valence-electron chi connectivity index (χ0n) is 14.2. The molecule has 0 atom stereocenters. The molecule has 124 valence electrons. The maximum Gasteiger partial charge on any atom is 0.146 e. The predicted molar refractivity (Wildman–Crippen MR) is 91.3 cm³/mol. The Morgan fingerprint density at radius 1 is 0.667 bits per heavy atom. The minimum Gasteiger partial charge on any atom is -0.355 e. The number of hydrogen-bond acceptors (Lipinski definition) is 2. The topological polar surface area (TPSA) is 18.5 Å². The quantitative estimate of drug-likeness (QED) is 0.195. The first kappa shape index (κ1) is 20.5. The Bertz CT molecular complexity index is 220. The number of unbranched alkanes of at least 4 members (excludes halogenated alkanes) is 11. The Kier molecular flexibility index (Phi) is 19.0. The zero-order valence-corrected chi connectivity index (χ0v) is 14.2. The van der Waals surface area contributed by atoms with E-state index in [1.165, 1.54) is 64.2 Å². The minimum atomic E-state index is 0.459. The molecule has 0 amide bonds. The molecule has 0 aliphatic rings. The first-order valence-electron chi connectivity index (χ1n) is 9.00. The molecule has 0 unspecified atom stereocenters. The smallest absolute Gasteiger partial charge is 0.146 e. The molecule has 0 fully saturated rings. The van der Waals surface area contributed by atoms with Crippen LogP contribution in [0.2, 0.25) is 0 Å². The third kappa shape index (κ3) is 19.5. The SMILES string of the molecule is C#CCCCCCCOCOCCCCCCCCCC. The van der Waals surface area contributed by atoms with E-state index in [-0.39, 0.29) is 0 Å². The van der Waals surface area contributed by atoms with Crippen molar-refractivity contribution in [1.82, 2.24) is 0 Å². The van der Waals surface area contributed by atoms with Gasteiger partial charge >= 0.3 is 0 Å². The lowest BCUT2D eigenvalue weighted by atomic mass is 10.1. The van der Waals surface area contributed by atoms with Gasteiger partial charge in [-0.25, -0.2) is 0 Å². The molecule has 0 N–H and O–H groups in total. The molecule has 2 nitrogen and oxygen atoms in total. The normalized spacial score (nSPS) is 10.7. The monoisotopic (exact) mass is 296 g/mol. The highest BCUT2D eigenvalue weighted by Crippen LogP contribution is 2.08. The fourth-order valence-corrected chi connectivity index (χ4v) is 2.30. The Labute approximate surface area is 133 Å². The van der Waals surface area contributed by atoms with E-state index in [1.807, 2.05) is 0 Å². The molecule has 0 saturated heterocycles. The van der Waals surface area contributed by atoms with Crippen LogP contribution in [0, 0.1) is 12.3 Å². The van der Waals surface area contributed by atoms with Gasteiger partial charge in [0.2, 0.25) is 0 Å². The van der Waals surface area contributed by atoms with E-state index < -0.39 is 0 Å². The van der Waals surface area contributed by atoms with Gasteiger partial charge in [0, 0.05) is 19.6 Å². The Morgan fingerprint density at radius 3 is 1.67 bits per heavy atom. The van der Waals surface area contributed by atoms with Crippen molar-refractivity contribution in [3.63, 3.8) is 0 Å². The zero-order chi connectivity index (χ0) is 15.4. The lowest BCUT2D eigenvalue weighted by Crippen LogP contribution is -2.03. The van der Waals surface area contributed by atoms with Crippen molar-refractivity contribution in [1.29, 1.82) is 0 Å². The van der Waals surface area contributed by atoms with Gasteiger partial charge in [0.05, 0.1) is 0 Å². The molecule has 21 heavy (non-hydrogen) atoms. The van der Waals surface area contributed by atoms with Crippen molar-refractivity contribution >= 4 is 0 Å². The molecule has 0 heterocycles. The van der Waals surface area contributed by atoms with Gasteiger partial charge in [-0.3, -0.25) is 0 Å². The molecule has 0 radical (unpaired) electrons. The second kappa shape index (κ2) is 19.5. The van der Waals surface area contributed by atoms with Crippen LogP contribution in [0.4, 0.5) is 0 Å². The van der Waals surface area contributed by atoms with Crippen LogP contribution in [-0.4, -0.2) is 20.0 Å². The summed E-state index contributed by atoms with van der Waals surface area (Å²) in [5, 5.41) is 0. The van der Waals surface area contributed by atoms with Crippen LogP contribution in [-0.2, 0) is 9.47 Å². The highest BCUT2D eigenvalue weighted by molar-refractivity contribution is 4.82. The van der Waals surface area contributed by atoms with E-state index in [2.05, 4.69) is 12.8 Å². The number of ether oxygens (including phenoxy) is 2. The second-order valence-electron chi connectivity index (χ2n) is 5.78. The lowest BCUT2D eigenvalue weighted by Gasteiger charge is -2.06. The van der Waals surface area contributed by atoms with Crippen molar-refractivity contribution in [2.24, 2.45) is 0 Å². The van der Waals surface area contributed by atoms with Gasteiger partial charge in [0.25, 0.3) is 0 Å². The van der Waals surface area contributed by atoms with E-state index in [0.717, 1.165) is 32.5 Å². The van der Waals surface area contributed by atoms with Gasteiger partial charge in [0.1, 0.15) is 6.79 Å². The van der Waals surface area contributed by atoms with Gasteiger partial charge < -0.3 is 9.47 Å². The summed E-state index contributed by atoms with van der Waals surface area (Å²) in [6, 6.07) is 0. The Hall–Kier alpha value is -0.520. The fourth-order valence-electron chi connectivity index (χ4n) is 2.30. The first-order chi connectivity index (χ1) is 10.4. The molecule has 0 rings (SSSR count). The van der Waals surface area contributed by atoms with Crippen LogP contribution in [0.1, 0.15) is 90.4 Å². The van der Waals surface area contributed by atoms with E-state index in [9.17, 15) is 0 Å². The first-order valence-corrected chi connectivity index (χ1v) is 9.00. The van der Waals surface area contributed by atoms with Crippen molar-refractivity contribution in [2.45, 2.75) is 90.4 Å². The highest BCUT2D eigenvalue weighted by atomic mass is 16.7. The largest absolute Gasteiger partial charge is 0.355 e. The molecule has 0 aliphatic carbocycles. The van der Waals surface area contributed by atoms with Crippen molar-refractivity contribution in [3.8, 4) is 12.3 Å². The minimum absolute atomic E-state index is 0.459. The standard InChI is InChI=1S/C19H36O2/c1-3-5-7-9-11-12-14-16-18-21-19-20-17-15-13-10-8-6-4-2/h2H,3,5-19H2,1H3. The summed E-state index contributed by atoms with van der Waals surface area (Å²) in [7, 11) is 0. The van der Waals surface area contributed by atoms with Crippen LogP contribution < -0.4 is 0 Å². The van der Waals surface area contributed by atoms with Crippen molar-refractivity contribution in [2.75, 3.05) is 20.0 Å². The molecule has 0 spiro atoms. The average molecular weight is 296 g/mol. The number of hydrogen-bond donors (Lipinski definition) is 0. The summed E-state index contributed by atoms with van der Waals surface area (Å²) >= 11 is 0. The predicted octanol–water partition coefficient (Wildman–Crippen LogP) is 5.70. The molecule has 0 bridgehead atoms. The van der Waals surface area contributed by atoms with Gasteiger partial charge in [-0.15, -0.1) is 12.3 Å². The number of terminal acetylenes is 1. The van der Waals surface area contributed by atoms with Gasteiger partial charge in [0.15, 0.2) is 0 Å². The van der Waals surface area contributed by atoms with Crippen molar-refractivity contribution < 1.29 is 9.47 Å². The van der Waals surface area contributed by atoms with E-state index >= 15 is 0 Å². The summed E-state index contributed by atoms with van der Waals surface area (Å²) in [5.41, 5.74) is 0. The van der Waals surface area contributed by atoms with E-state index in [4.69, 9.17) is 15.9 Å². The third-order valence-corrected chi connectivity index (χ3v) is 3.67. The molecule has 0 aromatic carbocycles. The Balaban J connectivity index is 2.92. The second-order valence-corrected chi connectivity index (χ2v) is 5.78. The highest BCUT2D eigenvalue weighted by Gasteiger charge is 1.93. The average Bonchev–Trinajstić information content (AvgIpc) is 2.50. The van der Waals surface area contributed by atoms with Crippen LogP contribution in [0.25, 0.3) is 0 Å². The lowest BCUT2D eigenvalue weighted by molar-refractivity contribution is -0.0555. The molecular weight excluding hydrogens is 260 g/mol. The Morgan fingerprint density at radius 2 is 1.14 bits per heavy atom. The maximum absolute atomic E-state index is 5.48.